The SMILES string of the molecule is CCc1cccc(OCC(O)CN2C(N3CCNCC3)=NC3C2C(=O)NC(=O)N3C)c1. The van der Waals surface area contributed by atoms with E-state index in [1.54, 1.807) is 7.05 Å². The van der Waals surface area contributed by atoms with Crippen LogP contribution in [0, 0.1) is 0 Å². The number of ether oxygens (including phenoxy) is 1. The van der Waals surface area contributed by atoms with Crippen LogP contribution in [0.5, 0.6) is 5.75 Å². The molecule has 2 saturated heterocycles. The summed E-state index contributed by atoms with van der Waals surface area (Å²) in [5.41, 5.74) is 1.16. The number of nitrogens with zero attached hydrogens (tertiary/aromatic N) is 4. The summed E-state index contributed by atoms with van der Waals surface area (Å²) < 4.78 is 5.80. The first kappa shape index (κ1) is 21.4. The van der Waals surface area contributed by atoms with Crippen molar-refractivity contribution < 1.29 is 19.4 Å². The normalized spacial score (nSPS) is 24.6. The number of likely N-dealkylation sites (N-methyl/N-ethyl adjacent to an activating group) is 1. The maximum Gasteiger partial charge on any atom is 0.325 e. The zero-order chi connectivity index (χ0) is 22.0. The third kappa shape index (κ3) is 4.45. The summed E-state index contributed by atoms with van der Waals surface area (Å²) in [6.07, 6.45) is -0.545. The van der Waals surface area contributed by atoms with E-state index in [9.17, 15) is 14.7 Å². The van der Waals surface area contributed by atoms with E-state index < -0.39 is 30.2 Å². The second kappa shape index (κ2) is 9.11. The van der Waals surface area contributed by atoms with Crippen molar-refractivity contribution in [1.29, 1.82) is 0 Å². The molecule has 3 unspecified atom stereocenters. The van der Waals surface area contributed by atoms with Crippen LogP contribution in [-0.2, 0) is 11.2 Å². The Kier molecular flexibility index (Phi) is 6.28. The fourth-order valence-electron chi connectivity index (χ4n) is 4.16. The molecule has 3 amide bonds. The highest BCUT2D eigenvalue weighted by atomic mass is 16.5. The number of fused-ring (bicyclic) bond motifs is 1. The topological polar surface area (TPSA) is 110 Å². The molecule has 3 heterocycles. The molecule has 0 spiro atoms. The summed E-state index contributed by atoms with van der Waals surface area (Å²) in [6.45, 7) is 5.44. The summed E-state index contributed by atoms with van der Waals surface area (Å²) >= 11 is 0. The molecule has 4 rings (SSSR count). The molecular formula is C21H30N6O4. The number of guanidine groups is 1. The summed E-state index contributed by atoms with van der Waals surface area (Å²) in [5.74, 6) is 0.945. The number of β-amino-alcohol motifs (C(OH)–C–C–N with tert-alkyl or cyclic N) is 1. The van der Waals surface area contributed by atoms with Crippen molar-refractivity contribution >= 4 is 17.9 Å². The minimum atomic E-state index is -0.840. The molecular weight excluding hydrogens is 400 g/mol. The number of imide groups is 1. The maximum absolute atomic E-state index is 12.7. The maximum atomic E-state index is 12.7. The molecule has 3 aliphatic heterocycles. The molecule has 0 bridgehead atoms. The quantitative estimate of drug-likeness (QED) is 0.555. The van der Waals surface area contributed by atoms with Gasteiger partial charge < -0.3 is 29.9 Å². The monoisotopic (exact) mass is 430 g/mol. The number of urea groups is 1. The van der Waals surface area contributed by atoms with Gasteiger partial charge in [-0.3, -0.25) is 10.1 Å². The smallest absolute Gasteiger partial charge is 0.325 e. The number of hydrogen-bond acceptors (Lipinski definition) is 8. The minimum Gasteiger partial charge on any atom is -0.491 e. The Morgan fingerprint density at radius 2 is 2.06 bits per heavy atom. The Labute approximate surface area is 181 Å². The lowest BCUT2D eigenvalue weighted by molar-refractivity contribution is -0.127. The Balaban J connectivity index is 1.48. The van der Waals surface area contributed by atoms with Gasteiger partial charge in [0.1, 0.15) is 18.5 Å². The van der Waals surface area contributed by atoms with Crippen LogP contribution in [0.3, 0.4) is 0 Å². The van der Waals surface area contributed by atoms with Crippen molar-refractivity contribution in [2.45, 2.75) is 31.7 Å². The van der Waals surface area contributed by atoms with Crippen LogP contribution < -0.4 is 15.4 Å². The Bertz CT molecular complexity index is 856. The predicted octanol–water partition coefficient (Wildman–Crippen LogP) is -0.558. The van der Waals surface area contributed by atoms with Crippen LogP contribution in [0.2, 0.25) is 0 Å². The van der Waals surface area contributed by atoms with E-state index in [0.717, 1.165) is 38.2 Å². The highest BCUT2D eigenvalue weighted by Gasteiger charge is 2.50. The molecule has 0 aromatic heterocycles. The fourth-order valence-corrected chi connectivity index (χ4v) is 4.16. The van der Waals surface area contributed by atoms with Crippen LogP contribution in [0.25, 0.3) is 0 Å². The third-order valence-corrected chi connectivity index (χ3v) is 5.90. The number of rotatable bonds is 6. The van der Waals surface area contributed by atoms with Crippen LogP contribution in [0.1, 0.15) is 12.5 Å². The van der Waals surface area contributed by atoms with Gasteiger partial charge in [-0.2, -0.15) is 0 Å². The fraction of sp³-hybridized carbons (Fsp3) is 0.571. The molecule has 10 heteroatoms. The molecule has 0 aliphatic carbocycles. The largest absolute Gasteiger partial charge is 0.491 e. The lowest BCUT2D eigenvalue weighted by Gasteiger charge is -2.39. The van der Waals surface area contributed by atoms with E-state index in [-0.39, 0.29) is 13.2 Å². The highest BCUT2D eigenvalue weighted by Crippen LogP contribution is 2.26. The van der Waals surface area contributed by atoms with E-state index in [1.807, 2.05) is 29.2 Å². The average molecular weight is 431 g/mol. The standard InChI is InChI=1S/C21H30N6O4/c1-3-14-5-4-6-16(11-14)31-13-15(28)12-27-17-18(25(2)21(30)24-19(17)29)23-20(27)26-9-7-22-8-10-26/h4-6,11,15,17-18,22,28H,3,7-10,12-13H2,1-2H3,(H,24,29,30). The molecule has 1 aromatic rings. The molecule has 168 valence electrons. The lowest BCUT2D eigenvalue weighted by Crippen LogP contribution is -2.65. The Morgan fingerprint density at radius 1 is 1.29 bits per heavy atom. The van der Waals surface area contributed by atoms with Gasteiger partial charge in [-0.05, 0) is 24.1 Å². The van der Waals surface area contributed by atoms with Crippen LogP contribution in [0.4, 0.5) is 4.79 Å². The van der Waals surface area contributed by atoms with Gasteiger partial charge in [-0.1, -0.05) is 19.1 Å². The van der Waals surface area contributed by atoms with Crippen LogP contribution in [0.15, 0.2) is 29.3 Å². The number of amides is 3. The summed E-state index contributed by atoms with van der Waals surface area (Å²) in [6, 6.07) is 6.65. The molecule has 3 N–H and O–H groups in total. The van der Waals surface area contributed by atoms with Gasteiger partial charge in [0.05, 0.1) is 6.54 Å². The minimum absolute atomic E-state index is 0.0896. The number of carbonyl (C=O) groups is 2. The number of piperazine rings is 1. The van der Waals surface area contributed by atoms with Crippen molar-refractivity contribution in [2.24, 2.45) is 4.99 Å². The van der Waals surface area contributed by atoms with Crippen LogP contribution in [-0.4, -0.2) is 102 Å². The molecule has 31 heavy (non-hydrogen) atoms. The first-order chi connectivity index (χ1) is 15.0. The molecule has 0 radical (unpaired) electrons. The molecule has 10 nitrogen and oxygen atoms in total. The Morgan fingerprint density at radius 3 is 2.81 bits per heavy atom. The molecule has 3 aliphatic rings. The zero-order valence-corrected chi connectivity index (χ0v) is 18.0. The number of carbonyl (C=O) groups excluding carboxylic acids is 2. The van der Waals surface area contributed by atoms with E-state index in [4.69, 9.17) is 9.73 Å². The Hall–Kier alpha value is -2.85. The molecule has 3 atom stereocenters. The average Bonchev–Trinajstić information content (AvgIpc) is 3.16. The first-order valence-electron chi connectivity index (χ1n) is 10.8. The van der Waals surface area contributed by atoms with Crippen molar-refractivity contribution in [2.75, 3.05) is 46.4 Å². The zero-order valence-electron chi connectivity index (χ0n) is 18.0. The van der Waals surface area contributed by atoms with Crippen molar-refractivity contribution in [3.63, 3.8) is 0 Å². The summed E-state index contributed by atoms with van der Waals surface area (Å²) in [4.78, 5) is 34.8. The van der Waals surface area contributed by atoms with Gasteiger partial charge in [0, 0.05) is 33.2 Å². The number of aryl methyl sites for hydroxylation is 1. The van der Waals surface area contributed by atoms with E-state index in [2.05, 4.69) is 22.5 Å². The summed E-state index contributed by atoms with van der Waals surface area (Å²) in [7, 11) is 1.63. The van der Waals surface area contributed by atoms with E-state index in [0.29, 0.717) is 11.7 Å². The van der Waals surface area contributed by atoms with E-state index in [1.165, 1.54) is 4.90 Å². The number of nitrogens with one attached hydrogen (secondary N) is 2. The van der Waals surface area contributed by atoms with Gasteiger partial charge in [-0.15, -0.1) is 0 Å². The number of aliphatic hydroxyl groups is 1. The van der Waals surface area contributed by atoms with Gasteiger partial charge in [0.2, 0.25) is 0 Å². The second-order valence-electron chi connectivity index (χ2n) is 8.05. The van der Waals surface area contributed by atoms with Gasteiger partial charge >= 0.3 is 6.03 Å². The molecule has 1 aromatic carbocycles. The molecule has 2 fully saturated rings. The van der Waals surface area contributed by atoms with Gasteiger partial charge in [-0.25, -0.2) is 9.79 Å². The number of aliphatic hydroxyl groups excluding tert-OH is 1. The van der Waals surface area contributed by atoms with Crippen molar-refractivity contribution in [1.82, 2.24) is 25.3 Å². The number of hydrogen-bond donors (Lipinski definition) is 3. The van der Waals surface area contributed by atoms with Gasteiger partial charge in [0.15, 0.2) is 18.2 Å². The lowest BCUT2D eigenvalue weighted by atomic mass is 10.1. The van der Waals surface area contributed by atoms with Crippen molar-refractivity contribution in [3.8, 4) is 5.75 Å². The van der Waals surface area contributed by atoms with Crippen molar-refractivity contribution in [3.05, 3.63) is 29.8 Å². The predicted molar refractivity (Wildman–Crippen MR) is 115 cm³/mol. The summed E-state index contributed by atoms with van der Waals surface area (Å²) in [5, 5.41) is 16.4. The van der Waals surface area contributed by atoms with E-state index >= 15 is 0 Å². The number of benzene rings is 1. The number of aliphatic imine (C=N–C) groups is 1. The molecule has 0 saturated carbocycles. The van der Waals surface area contributed by atoms with Gasteiger partial charge in [0.25, 0.3) is 5.91 Å². The van der Waals surface area contributed by atoms with Crippen LogP contribution >= 0.6 is 0 Å². The first-order valence-corrected chi connectivity index (χ1v) is 10.8. The third-order valence-electron chi connectivity index (χ3n) is 5.90. The highest BCUT2D eigenvalue weighted by molar-refractivity contribution is 6.03. The second-order valence-corrected chi connectivity index (χ2v) is 8.05.